The Hall–Kier alpha value is -0.700. The number of anilines is 1. The van der Waals surface area contributed by atoms with E-state index in [0.717, 1.165) is 16.5 Å². The van der Waals surface area contributed by atoms with Crippen LogP contribution in [0.15, 0.2) is 17.0 Å². The second kappa shape index (κ2) is 2.41. The maximum Gasteiger partial charge on any atom is 0.127 e. The zero-order valence-corrected chi connectivity index (χ0v) is 6.96. The summed E-state index contributed by atoms with van der Waals surface area (Å²) in [5.41, 5.74) is 1.77. The van der Waals surface area contributed by atoms with E-state index in [4.69, 9.17) is 0 Å². The van der Waals surface area contributed by atoms with Gasteiger partial charge in [-0.1, -0.05) is 0 Å². The number of hydrogen-bond donors (Lipinski definition) is 1. The quantitative estimate of drug-likeness (QED) is 0.640. The molecule has 0 aromatic heterocycles. The van der Waals surface area contributed by atoms with Crippen molar-refractivity contribution >= 4 is 17.4 Å². The van der Waals surface area contributed by atoms with Crippen molar-refractivity contribution in [2.24, 2.45) is 0 Å². The molecule has 0 amide bonds. The molecular formula is C8H8FNS. The molecule has 0 unspecified atom stereocenters. The summed E-state index contributed by atoms with van der Waals surface area (Å²) in [6.07, 6.45) is 0. The van der Waals surface area contributed by atoms with Crippen molar-refractivity contribution in [1.29, 1.82) is 0 Å². The van der Waals surface area contributed by atoms with E-state index < -0.39 is 0 Å². The molecule has 0 fully saturated rings. The molecule has 3 heteroatoms. The highest BCUT2D eigenvalue weighted by Gasteiger charge is 2.12. The maximum absolute atomic E-state index is 12.9. The van der Waals surface area contributed by atoms with Gasteiger partial charge in [0.15, 0.2) is 0 Å². The molecule has 1 heterocycles. The van der Waals surface area contributed by atoms with E-state index in [1.54, 1.807) is 24.8 Å². The molecule has 1 nitrogen and oxygen atoms in total. The zero-order valence-electron chi connectivity index (χ0n) is 6.15. The third-order valence-corrected chi connectivity index (χ3v) is 2.69. The second-order valence-corrected chi connectivity index (χ2v) is 3.58. The summed E-state index contributed by atoms with van der Waals surface area (Å²) in [5.74, 6) is 0.748. The average Bonchev–Trinajstić information content (AvgIpc) is 2.36. The van der Waals surface area contributed by atoms with E-state index in [1.807, 2.05) is 6.07 Å². The number of benzene rings is 1. The van der Waals surface area contributed by atoms with Crippen molar-refractivity contribution in [2.75, 3.05) is 11.2 Å². The van der Waals surface area contributed by atoms with Gasteiger partial charge in [0, 0.05) is 10.6 Å². The predicted octanol–water partition coefficient (Wildman–Crippen LogP) is 2.61. The van der Waals surface area contributed by atoms with Gasteiger partial charge in [-0.15, -0.1) is 11.8 Å². The first-order valence-corrected chi connectivity index (χ1v) is 4.43. The Morgan fingerprint density at radius 1 is 1.55 bits per heavy atom. The highest BCUT2D eigenvalue weighted by molar-refractivity contribution is 7.99. The lowest BCUT2D eigenvalue weighted by molar-refractivity contribution is 0.615. The molecule has 0 saturated carbocycles. The van der Waals surface area contributed by atoms with Gasteiger partial charge in [-0.2, -0.15) is 0 Å². The first kappa shape index (κ1) is 6.98. The standard InChI is InChI=1S/C8H8FNS/c1-5-2-7-8(3-6(5)9)11-4-10-7/h2-3,10H,4H2,1H3. The Morgan fingerprint density at radius 2 is 2.36 bits per heavy atom. The lowest BCUT2D eigenvalue weighted by Gasteiger charge is -2.00. The van der Waals surface area contributed by atoms with Crippen molar-refractivity contribution < 1.29 is 4.39 Å². The number of halogens is 1. The van der Waals surface area contributed by atoms with E-state index in [9.17, 15) is 4.39 Å². The number of thioether (sulfide) groups is 1. The molecule has 58 valence electrons. The molecule has 0 radical (unpaired) electrons. The first-order valence-electron chi connectivity index (χ1n) is 3.44. The Balaban J connectivity index is 2.57. The van der Waals surface area contributed by atoms with E-state index in [1.165, 1.54) is 0 Å². The molecule has 1 aromatic carbocycles. The van der Waals surface area contributed by atoms with Crippen LogP contribution in [0.2, 0.25) is 0 Å². The number of rotatable bonds is 0. The van der Waals surface area contributed by atoms with Gasteiger partial charge < -0.3 is 5.32 Å². The van der Waals surface area contributed by atoms with Crippen molar-refractivity contribution in [3.8, 4) is 0 Å². The van der Waals surface area contributed by atoms with Crippen LogP contribution in [0.25, 0.3) is 0 Å². The topological polar surface area (TPSA) is 12.0 Å². The highest BCUT2D eigenvalue weighted by Crippen LogP contribution is 2.34. The molecular weight excluding hydrogens is 161 g/mol. The fourth-order valence-electron chi connectivity index (χ4n) is 1.11. The molecule has 0 atom stereocenters. The van der Waals surface area contributed by atoms with Crippen LogP contribution in [0.5, 0.6) is 0 Å². The first-order chi connectivity index (χ1) is 5.27. The van der Waals surface area contributed by atoms with Crippen molar-refractivity contribution in [2.45, 2.75) is 11.8 Å². The lowest BCUT2D eigenvalue weighted by Crippen LogP contribution is -1.89. The number of fused-ring (bicyclic) bond motifs is 1. The summed E-state index contributed by atoms with van der Waals surface area (Å²) in [4.78, 5) is 1.02. The van der Waals surface area contributed by atoms with Gasteiger partial charge in [0.2, 0.25) is 0 Å². The van der Waals surface area contributed by atoms with Crippen molar-refractivity contribution in [1.82, 2.24) is 0 Å². The smallest absolute Gasteiger partial charge is 0.127 e. The van der Waals surface area contributed by atoms with Gasteiger partial charge in [0.1, 0.15) is 5.82 Å². The highest BCUT2D eigenvalue weighted by atomic mass is 32.2. The second-order valence-electron chi connectivity index (χ2n) is 2.56. The van der Waals surface area contributed by atoms with Crippen LogP contribution in [0.3, 0.4) is 0 Å². The Kier molecular flexibility index (Phi) is 1.53. The zero-order chi connectivity index (χ0) is 7.84. The molecule has 1 N–H and O–H groups in total. The maximum atomic E-state index is 12.9. The molecule has 1 aliphatic heterocycles. The summed E-state index contributed by atoms with van der Waals surface area (Å²) >= 11 is 1.64. The van der Waals surface area contributed by atoms with Gasteiger partial charge in [-0.3, -0.25) is 0 Å². The van der Waals surface area contributed by atoms with Crippen LogP contribution < -0.4 is 5.32 Å². The third kappa shape index (κ3) is 1.09. The summed E-state index contributed by atoms with van der Waals surface area (Å²) in [7, 11) is 0. The summed E-state index contributed by atoms with van der Waals surface area (Å²) in [6, 6.07) is 3.44. The molecule has 1 aromatic rings. The van der Waals surface area contributed by atoms with Gasteiger partial charge in [-0.25, -0.2) is 4.39 Å². The lowest BCUT2D eigenvalue weighted by atomic mass is 10.2. The number of hydrogen-bond acceptors (Lipinski definition) is 2. The van der Waals surface area contributed by atoms with E-state index in [2.05, 4.69) is 5.32 Å². The molecule has 0 spiro atoms. The van der Waals surface area contributed by atoms with Crippen molar-refractivity contribution in [3.63, 3.8) is 0 Å². The van der Waals surface area contributed by atoms with Crippen molar-refractivity contribution in [3.05, 3.63) is 23.5 Å². The minimum atomic E-state index is -0.111. The molecule has 11 heavy (non-hydrogen) atoms. The minimum Gasteiger partial charge on any atom is -0.375 e. The summed E-state index contributed by atoms with van der Waals surface area (Å²) in [5, 5.41) is 3.16. The number of aryl methyl sites for hydroxylation is 1. The van der Waals surface area contributed by atoms with E-state index in [-0.39, 0.29) is 5.82 Å². The van der Waals surface area contributed by atoms with Crippen LogP contribution >= 0.6 is 11.8 Å². The van der Waals surface area contributed by atoms with Gasteiger partial charge in [-0.05, 0) is 24.6 Å². The SMILES string of the molecule is Cc1cc2c(cc1F)SCN2. The molecule has 0 bridgehead atoms. The fraction of sp³-hybridized carbons (Fsp3) is 0.250. The molecule has 1 aliphatic rings. The van der Waals surface area contributed by atoms with Crippen LogP contribution in [-0.2, 0) is 0 Å². The average molecular weight is 169 g/mol. The van der Waals surface area contributed by atoms with E-state index in [0.29, 0.717) is 5.56 Å². The summed E-state index contributed by atoms with van der Waals surface area (Å²) < 4.78 is 12.9. The molecule has 2 rings (SSSR count). The van der Waals surface area contributed by atoms with Crippen LogP contribution in [0.4, 0.5) is 10.1 Å². The van der Waals surface area contributed by atoms with Gasteiger partial charge >= 0.3 is 0 Å². The Bertz CT molecular complexity index is 269. The van der Waals surface area contributed by atoms with Gasteiger partial charge in [0.05, 0.1) is 5.88 Å². The Labute approximate surface area is 69.0 Å². The summed E-state index contributed by atoms with van der Waals surface area (Å²) in [6.45, 7) is 1.78. The monoisotopic (exact) mass is 169 g/mol. The normalized spacial score (nSPS) is 14.4. The minimum absolute atomic E-state index is 0.111. The largest absolute Gasteiger partial charge is 0.375 e. The van der Waals surface area contributed by atoms with Crippen LogP contribution in [-0.4, -0.2) is 5.88 Å². The number of nitrogens with one attached hydrogen (secondary N) is 1. The predicted molar refractivity (Wildman–Crippen MR) is 45.5 cm³/mol. The fourth-order valence-corrected chi connectivity index (χ4v) is 1.97. The van der Waals surface area contributed by atoms with Crippen LogP contribution in [0, 0.1) is 12.7 Å². The van der Waals surface area contributed by atoms with Crippen LogP contribution in [0.1, 0.15) is 5.56 Å². The third-order valence-electron chi connectivity index (χ3n) is 1.75. The van der Waals surface area contributed by atoms with Gasteiger partial charge in [0.25, 0.3) is 0 Å². The molecule has 0 saturated heterocycles. The van der Waals surface area contributed by atoms with E-state index >= 15 is 0 Å². The molecule has 0 aliphatic carbocycles. The Morgan fingerprint density at radius 3 is 3.18 bits per heavy atom.